The van der Waals surface area contributed by atoms with Crippen LogP contribution in [-0.4, -0.2) is 84.8 Å². The lowest BCUT2D eigenvalue weighted by atomic mass is 9.78. The van der Waals surface area contributed by atoms with Gasteiger partial charge in [-0.3, -0.25) is 14.4 Å². The molecule has 1 unspecified atom stereocenters. The Hall–Kier alpha value is -2.58. The normalized spacial score (nSPS) is 31.9. The lowest BCUT2D eigenvalue weighted by Crippen LogP contribution is -2.60. The number of thioether (sulfide) groups is 1. The number of hydrogen-bond donors (Lipinski definition) is 1. The summed E-state index contributed by atoms with van der Waals surface area (Å²) in [6, 6.07) is 8.60. The number of fused-ring (bicyclic) bond motifs is 2. The van der Waals surface area contributed by atoms with Crippen molar-refractivity contribution in [2.75, 3.05) is 19.7 Å². The molecule has 2 saturated heterocycles. The highest BCUT2D eigenvalue weighted by molar-refractivity contribution is 8.02. The Morgan fingerprint density at radius 1 is 1.03 bits per heavy atom. The first-order valence-electron chi connectivity index (χ1n) is 13.6. The van der Waals surface area contributed by atoms with E-state index in [2.05, 4.69) is 6.08 Å². The smallest absolute Gasteiger partial charge is 0.247 e. The van der Waals surface area contributed by atoms with E-state index in [1.54, 1.807) is 16.7 Å². The van der Waals surface area contributed by atoms with Crippen molar-refractivity contribution in [3.05, 3.63) is 60.2 Å². The maximum atomic E-state index is 14.4. The van der Waals surface area contributed by atoms with Crippen LogP contribution in [0.4, 0.5) is 0 Å². The predicted molar refractivity (Wildman–Crippen MR) is 149 cm³/mol. The van der Waals surface area contributed by atoms with Crippen LogP contribution >= 0.6 is 11.8 Å². The van der Waals surface area contributed by atoms with Gasteiger partial charge in [-0.05, 0) is 32.3 Å². The average Bonchev–Trinajstić information content (AvgIpc) is 3.17. The van der Waals surface area contributed by atoms with Gasteiger partial charge in [0.05, 0.1) is 29.2 Å². The van der Waals surface area contributed by atoms with E-state index < -0.39 is 34.2 Å². The largest absolute Gasteiger partial charge is 0.394 e. The summed E-state index contributed by atoms with van der Waals surface area (Å²) in [6.45, 7) is 11.1. The molecule has 2 fully saturated rings. The van der Waals surface area contributed by atoms with Crippen molar-refractivity contribution in [1.29, 1.82) is 0 Å². The van der Waals surface area contributed by atoms with E-state index in [1.807, 2.05) is 93.0 Å². The third-order valence-electron chi connectivity index (χ3n) is 8.52. The number of benzene rings is 1. The van der Waals surface area contributed by atoms with Crippen LogP contribution < -0.4 is 0 Å². The van der Waals surface area contributed by atoms with E-state index in [1.165, 1.54) is 0 Å². The summed E-state index contributed by atoms with van der Waals surface area (Å²) in [5.41, 5.74) is 0.595. The third kappa shape index (κ3) is 4.20. The fourth-order valence-corrected chi connectivity index (χ4v) is 8.65. The molecule has 4 aliphatic rings. The minimum atomic E-state index is -0.873. The molecule has 4 aliphatic heterocycles. The molecule has 1 N–H and O–H groups in total. The number of aliphatic hydroxyl groups is 1. The van der Waals surface area contributed by atoms with Gasteiger partial charge in [-0.25, -0.2) is 0 Å². The first kappa shape index (κ1) is 27.0. The van der Waals surface area contributed by atoms with E-state index in [9.17, 15) is 19.5 Å². The monoisotopic (exact) mass is 537 g/mol. The number of amides is 3. The summed E-state index contributed by atoms with van der Waals surface area (Å²) in [5.74, 6) is -1.66. The van der Waals surface area contributed by atoms with Gasteiger partial charge in [0.25, 0.3) is 0 Å². The Bertz CT molecular complexity index is 1160. The molecule has 1 aromatic rings. The van der Waals surface area contributed by atoms with Crippen molar-refractivity contribution in [3.63, 3.8) is 0 Å². The van der Waals surface area contributed by atoms with E-state index in [0.717, 1.165) is 5.56 Å². The quantitative estimate of drug-likeness (QED) is 0.584. The molecule has 7 nitrogen and oxygen atoms in total. The van der Waals surface area contributed by atoms with Crippen LogP contribution in [0.1, 0.15) is 40.2 Å². The molecular formula is C30H39N3O4S. The second kappa shape index (κ2) is 9.87. The van der Waals surface area contributed by atoms with Gasteiger partial charge in [0, 0.05) is 30.4 Å². The molecule has 3 amide bonds. The molecule has 0 aliphatic carbocycles. The molecule has 6 atom stereocenters. The Morgan fingerprint density at radius 2 is 1.74 bits per heavy atom. The van der Waals surface area contributed by atoms with Crippen molar-refractivity contribution < 1.29 is 19.5 Å². The maximum Gasteiger partial charge on any atom is 0.247 e. The van der Waals surface area contributed by atoms with Gasteiger partial charge in [-0.15, -0.1) is 11.8 Å². The SMILES string of the molecule is CC(C)[C@H](CO)N1C(=O)[C@@H]2[C@H]3C(=O)N(Cc4ccccc4)CC=C[C@H]3S[C@@]23C=CCN(C(C)(C)C)C(=O)C13. The van der Waals surface area contributed by atoms with Crippen molar-refractivity contribution in [2.24, 2.45) is 17.8 Å². The van der Waals surface area contributed by atoms with Gasteiger partial charge in [-0.2, -0.15) is 0 Å². The zero-order valence-corrected chi connectivity index (χ0v) is 23.7. The van der Waals surface area contributed by atoms with Gasteiger partial charge in [0.2, 0.25) is 17.7 Å². The predicted octanol–water partition coefficient (Wildman–Crippen LogP) is 3.10. The molecular weight excluding hydrogens is 498 g/mol. The van der Waals surface area contributed by atoms with E-state index in [-0.39, 0.29) is 35.5 Å². The minimum Gasteiger partial charge on any atom is -0.394 e. The van der Waals surface area contributed by atoms with Gasteiger partial charge in [0.15, 0.2) is 0 Å². The summed E-state index contributed by atoms with van der Waals surface area (Å²) in [6.07, 6.45) is 8.14. The highest BCUT2D eigenvalue weighted by atomic mass is 32.2. The highest BCUT2D eigenvalue weighted by Crippen LogP contribution is 2.61. The van der Waals surface area contributed by atoms with E-state index >= 15 is 0 Å². The number of aliphatic hydroxyl groups excluding tert-OH is 1. The zero-order valence-electron chi connectivity index (χ0n) is 22.9. The van der Waals surface area contributed by atoms with Crippen LogP contribution in [-0.2, 0) is 20.9 Å². The molecule has 204 valence electrons. The molecule has 0 aromatic heterocycles. The molecule has 38 heavy (non-hydrogen) atoms. The van der Waals surface area contributed by atoms with Crippen LogP contribution in [0.15, 0.2) is 54.6 Å². The minimum absolute atomic E-state index is 0.0463. The Kier molecular flexibility index (Phi) is 7.01. The lowest BCUT2D eigenvalue weighted by Gasteiger charge is -2.43. The van der Waals surface area contributed by atoms with Crippen molar-refractivity contribution in [3.8, 4) is 0 Å². The second-order valence-electron chi connectivity index (χ2n) is 12.2. The molecule has 0 radical (unpaired) electrons. The van der Waals surface area contributed by atoms with Gasteiger partial charge in [-0.1, -0.05) is 68.5 Å². The fraction of sp³-hybridized carbons (Fsp3) is 0.567. The topological polar surface area (TPSA) is 81.2 Å². The number of nitrogens with zero attached hydrogens (tertiary/aromatic N) is 3. The number of carbonyl (C=O) groups is 3. The first-order valence-corrected chi connectivity index (χ1v) is 14.5. The number of likely N-dealkylation sites (tertiary alicyclic amines) is 1. The van der Waals surface area contributed by atoms with Crippen molar-refractivity contribution in [1.82, 2.24) is 14.7 Å². The van der Waals surface area contributed by atoms with Crippen LogP contribution in [0, 0.1) is 17.8 Å². The molecule has 4 heterocycles. The standard InChI is InChI=1S/C30H39N3O4S/c1-19(2)21(18-34)33-25-28(37)32(29(3,4)5)16-10-14-30(25)24(27(33)36)23-22(38-30)13-9-15-31(26(23)35)17-20-11-7-6-8-12-20/h6-14,19,21-25,34H,15-18H2,1-5H3/t21-,22+,23-,24-,25?,30-/m0/s1. The van der Waals surface area contributed by atoms with Gasteiger partial charge in [0.1, 0.15) is 6.04 Å². The summed E-state index contributed by atoms with van der Waals surface area (Å²) >= 11 is 1.59. The molecule has 1 spiro atoms. The van der Waals surface area contributed by atoms with Gasteiger partial charge >= 0.3 is 0 Å². The van der Waals surface area contributed by atoms with Crippen LogP contribution in [0.5, 0.6) is 0 Å². The Balaban J connectivity index is 1.60. The molecule has 0 bridgehead atoms. The zero-order chi connectivity index (χ0) is 27.4. The lowest BCUT2D eigenvalue weighted by molar-refractivity contribution is -0.149. The average molecular weight is 538 g/mol. The fourth-order valence-electron chi connectivity index (χ4n) is 6.66. The molecule has 1 aromatic carbocycles. The maximum absolute atomic E-state index is 14.4. The molecule has 0 saturated carbocycles. The number of rotatable bonds is 5. The van der Waals surface area contributed by atoms with Gasteiger partial charge < -0.3 is 19.8 Å². The van der Waals surface area contributed by atoms with Crippen LogP contribution in [0.25, 0.3) is 0 Å². The summed E-state index contributed by atoms with van der Waals surface area (Å²) in [5, 5.41) is 10.2. The second-order valence-corrected chi connectivity index (χ2v) is 13.7. The van der Waals surface area contributed by atoms with E-state index in [4.69, 9.17) is 0 Å². The highest BCUT2D eigenvalue weighted by Gasteiger charge is 2.72. The molecule has 8 heteroatoms. The first-order chi connectivity index (χ1) is 18.0. The van der Waals surface area contributed by atoms with E-state index in [0.29, 0.717) is 19.6 Å². The number of hydrogen-bond acceptors (Lipinski definition) is 5. The van der Waals surface area contributed by atoms with Crippen LogP contribution in [0.3, 0.4) is 0 Å². The number of carbonyl (C=O) groups excluding carboxylic acids is 3. The third-order valence-corrected chi connectivity index (χ3v) is 10.3. The van der Waals surface area contributed by atoms with Crippen molar-refractivity contribution in [2.45, 2.75) is 68.8 Å². The summed E-state index contributed by atoms with van der Waals surface area (Å²) < 4.78 is -0.873. The Labute approximate surface area is 229 Å². The van der Waals surface area contributed by atoms with Crippen LogP contribution in [0.2, 0.25) is 0 Å². The van der Waals surface area contributed by atoms with Crippen molar-refractivity contribution >= 4 is 29.5 Å². The Morgan fingerprint density at radius 3 is 2.37 bits per heavy atom. The summed E-state index contributed by atoms with van der Waals surface area (Å²) in [7, 11) is 0. The summed E-state index contributed by atoms with van der Waals surface area (Å²) in [4.78, 5) is 48.3. The molecule has 5 rings (SSSR count).